The number of ether oxygens (including phenoxy) is 1. The van der Waals surface area contributed by atoms with Crippen LogP contribution in [0.3, 0.4) is 0 Å². The van der Waals surface area contributed by atoms with Crippen LogP contribution in [0.2, 0.25) is 5.02 Å². The van der Waals surface area contributed by atoms with Gasteiger partial charge in [-0.25, -0.2) is 0 Å². The highest BCUT2D eigenvalue weighted by Crippen LogP contribution is 2.29. The van der Waals surface area contributed by atoms with Crippen molar-refractivity contribution >= 4 is 27.5 Å². The zero-order valence-electron chi connectivity index (χ0n) is 11.4. The third kappa shape index (κ3) is 3.98. The Morgan fingerprint density at radius 2 is 2.10 bits per heavy atom. The number of halogens is 2. The van der Waals surface area contributed by atoms with Crippen molar-refractivity contribution in [3.8, 4) is 11.8 Å². The van der Waals surface area contributed by atoms with Gasteiger partial charge >= 0.3 is 0 Å². The van der Waals surface area contributed by atoms with E-state index in [0.29, 0.717) is 17.2 Å². The van der Waals surface area contributed by atoms with Crippen molar-refractivity contribution in [2.75, 3.05) is 0 Å². The summed E-state index contributed by atoms with van der Waals surface area (Å²) in [5.74, 6) is 0.722. The molecule has 0 spiro atoms. The van der Waals surface area contributed by atoms with E-state index in [-0.39, 0.29) is 6.04 Å². The van der Waals surface area contributed by atoms with Gasteiger partial charge in [0.25, 0.3) is 0 Å². The smallest absolute Gasteiger partial charge is 0.125 e. The van der Waals surface area contributed by atoms with E-state index in [1.807, 2.05) is 25.1 Å². The number of nitrogens with zero attached hydrogens (tertiary/aromatic N) is 1. The normalized spacial score (nSPS) is 11.8. The standard InChI is InChI=1S/C16H14BrClN2O/c1-10(20)14-5-4-13(17)7-16(14)21-9-12-3-2-11(8-19)6-15(12)18/h2-7,10H,9,20H2,1H3/t10-/m0/s1. The molecule has 0 aromatic heterocycles. The minimum Gasteiger partial charge on any atom is -0.488 e. The second kappa shape index (κ2) is 6.95. The predicted octanol–water partition coefficient (Wildman–Crippen LogP) is 4.57. The predicted molar refractivity (Wildman–Crippen MR) is 87.2 cm³/mol. The third-order valence-corrected chi connectivity index (χ3v) is 3.88. The van der Waals surface area contributed by atoms with Crippen molar-refractivity contribution < 1.29 is 4.74 Å². The lowest BCUT2D eigenvalue weighted by Crippen LogP contribution is -2.08. The average molecular weight is 366 g/mol. The van der Waals surface area contributed by atoms with Gasteiger partial charge in [0.15, 0.2) is 0 Å². The molecule has 1 atom stereocenters. The van der Waals surface area contributed by atoms with Crippen molar-refractivity contribution in [2.24, 2.45) is 5.73 Å². The number of hydrogen-bond donors (Lipinski definition) is 1. The van der Waals surface area contributed by atoms with Crippen LogP contribution in [-0.4, -0.2) is 0 Å². The maximum atomic E-state index is 8.83. The van der Waals surface area contributed by atoms with E-state index in [4.69, 9.17) is 27.3 Å². The summed E-state index contributed by atoms with van der Waals surface area (Å²) >= 11 is 9.57. The van der Waals surface area contributed by atoms with Gasteiger partial charge in [-0.3, -0.25) is 0 Å². The number of nitrogens with two attached hydrogens (primary N) is 1. The molecule has 0 radical (unpaired) electrons. The van der Waals surface area contributed by atoms with Crippen molar-refractivity contribution in [2.45, 2.75) is 19.6 Å². The van der Waals surface area contributed by atoms with Crippen molar-refractivity contribution in [3.63, 3.8) is 0 Å². The van der Waals surface area contributed by atoms with E-state index in [2.05, 4.69) is 22.0 Å². The molecule has 5 heteroatoms. The molecular formula is C16H14BrClN2O. The fourth-order valence-corrected chi connectivity index (χ4v) is 2.47. The fraction of sp³-hybridized carbons (Fsp3) is 0.188. The number of benzene rings is 2. The van der Waals surface area contributed by atoms with Gasteiger partial charge in [0.1, 0.15) is 12.4 Å². The Morgan fingerprint density at radius 1 is 1.33 bits per heavy atom. The van der Waals surface area contributed by atoms with Crippen LogP contribution in [0.15, 0.2) is 40.9 Å². The third-order valence-electron chi connectivity index (χ3n) is 3.03. The zero-order chi connectivity index (χ0) is 15.4. The first kappa shape index (κ1) is 15.8. The van der Waals surface area contributed by atoms with Crippen molar-refractivity contribution in [1.82, 2.24) is 0 Å². The van der Waals surface area contributed by atoms with Crippen LogP contribution < -0.4 is 10.5 Å². The molecule has 2 aromatic carbocycles. The molecule has 0 fully saturated rings. The van der Waals surface area contributed by atoms with Crippen LogP contribution >= 0.6 is 27.5 Å². The average Bonchev–Trinajstić information content (AvgIpc) is 2.45. The molecule has 108 valence electrons. The van der Waals surface area contributed by atoms with Gasteiger partial charge in [-0.15, -0.1) is 0 Å². The highest BCUT2D eigenvalue weighted by Gasteiger charge is 2.10. The first-order chi connectivity index (χ1) is 10.0. The molecule has 0 bridgehead atoms. The van der Waals surface area contributed by atoms with Gasteiger partial charge in [0.2, 0.25) is 0 Å². The quantitative estimate of drug-likeness (QED) is 0.863. The summed E-state index contributed by atoms with van der Waals surface area (Å²) in [5.41, 5.74) is 8.23. The van der Waals surface area contributed by atoms with Crippen LogP contribution in [0.4, 0.5) is 0 Å². The van der Waals surface area contributed by atoms with Gasteiger partial charge in [-0.05, 0) is 31.2 Å². The number of nitriles is 1. The molecule has 0 unspecified atom stereocenters. The number of rotatable bonds is 4. The topological polar surface area (TPSA) is 59.0 Å². The van der Waals surface area contributed by atoms with Crippen LogP contribution in [0.5, 0.6) is 5.75 Å². The van der Waals surface area contributed by atoms with Crippen molar-refractivity contribution in [3.05, 3.63) is 62.6 Å². The highest BCUT2D eigenvalue weighted by atomic mass is 79.9. The Bertz CT molecular complexity index is 695. The summed E-state index contributed by atoms with van der Waals surface area (Å²) in [6, 6.07) is 12.8. The van der Waals surface area contributed by atoms with Gasteiger partial charge in [0.05, 0.1) is 11.6 Å². The molecule has 0 saturated carbocycles. The minimum atomic E-state index is -0.121. The Hall–Kier alpha value is -1.54. The summed E-state index contributed by atoms with van der Waals surface area (Å²) in [5, 5.41) is 9.35. The molecule has 0 heterocycles. The highest BCUT2D eigenvalue weighted by molar-refractivity contribution is 9.10. The van der Waals surface area contributed by atoms with E-state index in [0.717, 1.165) is 21.3 Å². The molecule has 0 aliphatic heterocycles. The molecule has 2 N–H and O–H groups in total. The first-order valence-electron chi connectivity index (χ1n) is 6.37. The monoisotopic (exact) mass is 364 g/mol. The maximum absolute atomic E-state index is 8.83. The fourth-order valence-electron chi connectivity index (χ4n) is 1.90. The molecule has 2 rings (SSSR count). The lowest BCUT2D eigenvalue weighted by atomic mass is 10.1. The largest absolute Gasteiger partial charge is 0.488 e. The first-order valence-corrected chi connectivity index (χ1v) is 7.54. The second-order valence-electron chi connectivity index (χ2n) is 4.68. The van der Waals surface area contributed by atoms with Crippen LogP contribution in [0.1, 0.15) is 29.7 Å². The van der Waals surface area contributed by atoms with Crippen LogP contribution in [-0.2, 0) is 6.61 Å². The molecule has 3 nitrogen and oxygen atoms in total. The summed E-state index contributed by atoms with van der Waals surface area (Å²) < 4.78 is 6.77. The van der Waals surface area contributed by atoms with Crippen LogP contribution in [0, 0.1) is 11.3 Å². The van der Waals surface area contributed by atoms with E-state index in [1.54, 1.807) is 18.2 Å². The lowest BCUT2D eigenvalue weighted by molar-refractivity contribution is 0.301. The summed E-state index contributed by atoms with van der Waals surface area (Å²) in [7, 11) is 0. The molecule has 0 aliphatic carbocycles. The molecule has 2 aromatic rings. The Labute approximate surface area is 137 Å². The SMILES string of the molecule is C[C@H](N)c1ccc(Br)cc1OCc1ccc(C#N)cc1Cl. The summed E-state index contributed by atoms with van der Waals surface area (Å²) in [6.07, 6.45) is 0. The number of hydrogen-bond acceptors (Lipinski definition) is 3. The summed E-state index contributed by atoms with van der Waals surface area (Å²) in [6.45, 7) is 2.23. The van der Waals surface area contributed by atoms with Crippen LogP contribution in [0.25, 0.3) is 0 Å². The minimum absolute atomic E-state index is 0.121. The molecule has 21 heavy (non-hydrogen) atoms. The van der Waals surface area contributed by atoms with E-state index in [9.17, 15) is 0 Å². The lowest BCUT2D eigenvalue weighted by Gasteiger charge is -2.15. The zero-order valence-corrected chi connectivity index (χ0v) is 13.8. The van der Waals surface area contributed by atoms with Gasteiger partial charge < -0.3 is 10.5 Å². The Morgan fingerprint density at radius 3 is 2.71 bits per heavy atom. The Balaban J connectivity index is 2.20. The van der Waals surface area contributed by atoms with E-state index in [1.165, 1.54) is 0 Å². The van der Waals surface area contributed by atoms with Gasteiger partial charge in [-0.1, -0.05) is 39.7 Å². The second-order valence-corrected chi connectivity index (χ2v) is 6.00. The Kier molecular flexibility index (Phi) is 5.24. The molecular weight excluding hydrogens is 352 g/mol. The van der Waals surface area contributed by atoms with E-state index >= 15 is 0 Å². The van der Waals surface area contributed by atoms with Gasteiger partial charge in [0, 0.05) is 26.7 Å². The maximum Gasteiger partial charge on any atom is 0.125 e. The molecule has 0 aliphatic rings. The van der Waals surface area contributed by atoms with Gasteiger partial charge in [-0.2, -0.15) is 5.26 Å². The molecule has 0 amide bonds. The molecule has 0 saturated heterocycles. The summed E-state index contributed by atoms with van der Waals surface area (Å²) in [4.78, 5) is 0. The van der Waals surface area contributed by atoms with Crippen molar-refractivity contribution in [1.29, 1.82) is 5.26 Å². The van der Waals surface area contributed by atoms with E-state index < -0.39 is 0 Å².